The van der Waals surface area contributed by atoms with Crippen LogP contribution in [0.5, 0.6) is 0 Å². The molecule has 0 unspecified atom stereocenters. The second-order valence-corrected chi connectivity index (χ2v) is 3.12. The van der Waals surface area contributed by atoms with Crippen LogP contribution >= 0.6 is 0 Å². The average molecular weight is 169 g/mol. The standard InChI is InChI=1S/C10H19NO/c1-4-6-8(3)9(7-5-2)10(11)12/h4-7H2,1-3H3,(H2,11,12). The maximum Gasteiger partial charge on any atom is 0.244 e. The van der Waals surface area contributed by atoms with Crippen molar-refractivity contribution >= 4 is 5.91 Å². The molecule has 1 amide bonds. The van der Waals surface area contributed by atoms with Crippen LogP contribution in [-0.2, 0) is 4.79 Å². The summed E-state index contributed by atoms with van der Waals surface area (Å²) in [7, 11) is 0. The molecule has 0 fully saturated rings. The Balaban J connectivity index is 4.43. The van der Waals surface area contributed by atoms with Crippen LogP contribution in [-0.4, -0.2) is 5.91 Å². The lowest BCUT2D eigenvalue weighted by Crippen LogP contribution is -2.15. The monoisotopic (exact) mass is 169 g/mol. The van der Waals surface area contributed by atoms with Gasteiger partial charge in [0.1, 0.15) is 0 Å². The third-order valence-electron chi connectivity index (χ3n) is 1.94. The van der Waals surface area contributed by atoms with Gasteiger partial charge in [0.2, 0.25) is 5.91 Å². The summed E-state index contributed by atoms with van der Waals surface area (Å²) in [6.07, 6.45) is 3.87. The van der Waals surface area contributed by atoms with Crippen molar-refractivity contribution in [1.82, 2.24) is 0 Å². The summed E-state index contributed by atoms with van der Waals surface area (Å²) < 4.78 is 0. The first-order valence-corrected chi connectivity index (χ1v) is 4.61. The van der Waals surface area contributed by atoms with Crippen LogP contribution in [0.3, 0.4) is 0 Å². The van der Waals surface area contributed by atoms with E-state index in [9.17, 15) is 4.79 Å². The van der Waals surface area contributed by atoms with Gasteiger partial charge in [0, 0.05) is 5.57 Å². The third kappa shape index (κ3) is 3.56. The van der Waals surface area contributed by atoms with Crippen molar-refractivity contribution in [2.24, 2.45) is 5.73 Å². The lowest BCUT2D eigenvalue weighted by molar-refractivity contribution is -0.114. The smallest absolute Gasteiger partial charge is 0.244 e. The molecule has 0 aromatic rings. The minimum atomic E-state index is -0.247. The van der Waals surface area contributed by atoms with Crippen molar-refractivity contribution < 1.29 is 4.79 Å². The Morgan fingerprint density at radius 1 is 1.17 bits per heavy atom. The molecule has 0 rings (SSSR count). The molecule has 0 spiro atoms. The summed E-state index contributed by atoms with van der Waals surface area (Å²) in [5.74, 6) is -0.247. The van der Waals surface area contributed by atoms with Crippen molar-refractivity contribution in [3.8, 4) is 0 Å². The van der Waals surface area contributed by atoms with Gasteiger partial charge in [0.15, 0.2) is 0 Å². The number of allylic oxidation sites excluding steroid dienone is 1. The Hall–Kier alpha value is -0.790. The van der Waals surface area contributed by atoms with Gasteiger partial charge in [-0.1, -0.05) is 32.3 Å². The fourth-order valence-electron chi connectivity index (χ4n) is 1.32. The van der Waals surface area contributed by atoms with E-state index in [1.807, 2.05) is 6.92 Å². The fraction of sp³-hybridized carbons (Fsp3) is 0.700. The Labute approximate surface area is 74.8 Å². The molecule has 0 aromatic carbocycles. The quantitative estimate of drug-likeness (QED) is 0.631. The molecule has 0 aromatic heterocycles. The molecule has 2 nitrogen and oxygen atoms in total. The Kier molecular flexibility index (Phi) is 5.43. The Morgan fingerprint density at radius 3 is 2.00 bits per heavy atom. The van der Waals surface area contributed by atoms with Gasteiger partial charge in [0.05, 0.1) is 0 Å². The number of rotatable bonds is 5. The van der Waals surface area contributed by atoms with Crippen molar-refractivity contribution in [1.29, 1.82) is 0 Å². The second-order valence-electron chi connectivity index (χ2n) is 3.12. The molecule has 0 heterocycles. The van der Waals surface area contributed by atoms with Crippen LogP contribution in [0.25, 0.3) is 0 Å². The highest BCUT2D eigenvalue weighted by molar-refractivity contribution is 5.92. The zero-order chi connectivity index (χ0) is 9.56. The van der Waals surface area contributed by atoms with E-state index in [-0.39, 0.29) is 5.91 Å². The molecule has 2 N–H and O–H groups in total. The molecular formula is C10H19NO. The second kappa shape index (κ2) is 5.81. The number of hydrogen-bond acceptors (Lipinski definition) is 1. The maximum absolute atomic E-state index is 11.0. The zero-order valence-electron chi connectivity index (χ0n) is 8.31. The fourth-order valence-corrected chi connectivity index (χ4v) is 1.32. The third-order valence-corrected chi connectivity index (χ3v) is 1.94. The summed E-state index contributed by atoms with van der Waals surface area (Å²) >= 11 is 0. The first kappa shape index (κ1) is 11.2. The van der Waals surface area contributed by atoms with Crippen molar-refractivity contribution in [3.63, 3.8) is 0 Å². The van der Waals surface area contributed by atoms with E-state index in [1.54, 1.807) is 0 Å². The van der Waals surface area contributed by atoms with Crippen LogP contribution in [0.4, 0.5) is 0 Å². The molecule has 0 saturated heterocycles. The van der Waals surface area contributed by atoms with E-state index in [0.29, 0.717) is 0 Å². The summed E-state index contributed by atoms with van der Waals surface area (Å²) in [4.78, 5) is 11.0. The van der Waals surface area contributed by atoms with E-state index in [0.717, 1.165) is 36.8 Å². The molecule has 0 aliphatic carbocycles. The number of carbonyl (C=O) groups is 1. The van der Waals surface area contributed by atoms with E-state index >= 15 is 0 Å². The van der Waals surface area contributed by atoms with Crippen LogP contribution in [0.2, 0.25) is 0 Å². The molecule has 2 heteroatoms. The van der Waals surface area contributed by atoms with Crippen LogP contribution in [0.1, 0.15) is 46.5 Å². The topological polar surface area (TPSA) is 43.1 Å². The molecule has 70 valence electrons. The predicted molar refractivity (Wildman–Crippen MR) is 51.7 cm³/mol. The van der Waals surface area contributed by atoms with Gasteiger partial charge in [-0.25, -0.2) is 0 Å². The Morgan fingerprint density at radius 2 is 1.67 bits per heavy atom. The molecule has 0 bridgehead atoms. The molecule has 0 radical (unpaired) electrons. The largest absolute Gasteiger partial charge is 0.366 e. The number of carbonyl (C=O) groups excluding carboxylic acids is 1. The van der Waals surface area contributed by atoms with E-state index in [2.05, 4.69) is 13.8 Å². The molecule has 0 aliphatic rings. The van der Waals surface area contributed by atoms with Gasteiger partial charge in [-0.3, -0.25) is 4.79 Å². The number of primary amides is 1. The first-order valence-electron chi connectivity index (χ1n) is 4.61. The average Bonchev–Trinajstić information content (AvgIpc) is 1.99. The minimum Gasteiger partial charge on any atom is -0.366 e. The number of nitrogens with two attached hydrogens (primary N) is 1. The maximum atomic E-state index is 11.0. The lowest BCUT2D eigenvalue weighted by atomic mass is 10.0. The van der Waals surface area contributed by atoms with Crippen LogP contribution in [0.15, 0.2) is 11.1 Å². The van der Waals surface area contributed by atoms with E-state index in [1.165, 1.54) is 0 Å². The van der Waals surface area contributed by atoms with Crippen molar-refractivity contribution in [2.75, 3.05) is 0 Å². The van der Waals surface area contributed by atoms with Gasteiger partial charge in [-0.15, -0.1) is 0 Å². The van der Waals surface area contributed by atoms with E-state index < -0.39 is 0 Å². The lowest BCUT2D eigenvalue weighted by Gasteiger charge is -2.06. The summed E-state index contributed by atoms with van der Waals surface area (Å²) in [6, 6.07) is 0. The molecule has 12 heavy (non-hydrogen) atoms. The molecular weight excluding hydrogens is 150 g/mol. The van der Waals surface area contributed by atoms with Gasteiger partial charge in [-0.2, -0.15) is 0 Å². The van der Waals surface area contributed by atoms with Crippen LogP contribution < -0.4 is 5.73 Å². The van der Waals surface area contributed by atoms with Crippen LogP contribution in [0, 0.1) is 0 Å². The van der Waals surface area contributed by atoms with Gasteiger partial charge < -0.3 is 5.73 Å². The molecule has 0 atom stereocenters. The van der Waals surface area contributed by atoms with Gasteiger partial charge in [-0.05, 0) is 19.8 Å². The summed E-state index contributed by atoms with van der Waals surface area (Å²) in [5, 5.41) is 0. The Bertz CT molecular complexity index is 182. The van der Waals surface area contributed by atoms with Crippen molar-refractivity contribution in [3.05, 3.63) is 11.1 Å². The minimum absolute atomic E-state index is 0.247. The highest BCUT2D eigenvalue weighted by Gasteiger charge is 2.06. The number of amides is 1. The normalized spacial score (nSPS) is 12.6. The molecule has 0 saturated carbocycles. The van der Waals surface area contributed by atoms with E-state index in [4.69, 9.17) is 5.73 Å². The van der Waals surface area contributed by atoms with Crippen molar-refractivity contribution in [2.45, 2.75) is 46.5 Å². The zero-order valence-corrected chi connectivity index (χ0v) is 8.31. The van der Waals surface area contributed by atoms with Gasteiger partial charge >= 0.3 is 0 Å². The highest BCUT2D eigenvalue weighted by atomic mass is 16.1. The summed E-state index contributed by atoms with van der Waals surface area (Å²) in [6.45, 7) is 6.16. The first-order chi connectivity index (χ1) is 5.63. The molecule has 0 aliphatic heterocycles. The predicted octanol–water partition coefficient (Wildman–Crippen LogP) is 2.39. The number of hydrogen-bond donors (Lipinski definition) is 1. The summed E-state index contributed by atoms with van der Waals surface area (Å²) in [5.41, 5.74) is 7.25. The SMILES string of the molecule is CCCC(C)=C(CCC)C(N)=O. The highest BCUT2D eigenvalue weighted by Crippen LogP contribution is 2.14. The van der Waals surface area contributed by atoms with Gasteiger partial charge in [0.25, 0.3) is 0 Å².